The molecule has 12 heavy (non-hydrogen) atoms. The van der Waals surface area contributed by atoms with Gasteiger partial charge in [0.2, 0.25) is 0 Å². The van der Waals surface area contributed by atoms with E-state index in [4.69, 9.17) is 5.11 Å². The summed E-state index contributed by atoms with van der Waals surface area (Å²) in [5, 5.41) is 19.2. The van der Waals surface area contributed by atoms with Crippen molar-refractivity contribution < 1.29 is 10.0 Å². The van der Waals surface area contributed by atoms with Crippen LogP contribution in [-0.2, 0) is 0 Å². The zero-order valence-electron chi connectivity index (χ0n) is 6.65. The number of phenolic OH excluding ortho intramolecular Hbond substituents is 1. The first-order valence-corrected chi connectivity index (χ1v) is 3.05. The normalized spacial score (nSPS) is 8.75. The fourth-order valence-electron chi connectivity index (χ4n) is 0.711. The molecule has 0 unspecified atom stereocenters. The molecule has 5 nitrogen and oxygen atoms in total. The van der Waals surface area contributed by atoms with Crippen LogP contribution in [0.15, 0.2) is 18.2 Å². The highest BCUT2D eigenvalue weighted by atomic mass is 16.6. The van der Waals surface area contributed by atoms with Gasteiger partial charge in [-0.25, -0.2) is 0 Å². The number of benzene rings is 1. The number of nitrogens with zero attached hydrogens (tertiary/aromatic N) is 1. The number of hydrogen-bond acceptors (Lipinski definition) is 4. The molecule has 0 aliphatic heterocycles. The van der Waals surface area contributed by atoms with Gasteiger partial charge in [0.25, 0.3) is 5.69 Å². The van der Waals surface area contributed by atoms with Crippen molar-refractivity contribution in [1.29, 1.82) is 0 Å². The molecule has 0 fully saturated rings. The minimum Gasteiger partial charge on any atom is -0.507 e. The van der Waals surface area contributed by atoms with Gasteiger partial charge in [-0.1, -0.05) is 0 Å². The third-order valence-electron chi connectivity index (χ3n) is 1.40. The molecule has 0 heterocycles. The molecule has 66 valence electrons. The minimum atomic E-state index is -0.542. The molecule has 0 aromatic heterocycles. The van der Waals surface area contributed by atoms with Crippen molar-refractivity contribution in [3.8, 4) is 5.75 Å². The van der Waals surface area contributed by atoms with Crippen molar-refractivity contribution >= 4 is 5.69 Å². The molecule has 0 radical (unpaired) electrons. The highest BCUT2D eigenvalue weighted by Gasteiger charge is 2.06. The second-order valence-electron chi connectivity index (χ2n) is 2.23. The van der Waals surface area contributed by atoms with E-state index in [1.807, 2.05) is 0 Å². The molecule has 0 saturated heterocycles. The summed E-state index contributed by atoms with van der Waals surface area (Å²) in [6.07, 6.45) is 0. The molecule has 1 rings (SSSR count). The SMILES string of the molecule is Cc1ccc([N+](=O)[O-])cc1O.N. The summed E-state index contributed by atoms with van der Waals surface area (Å²) in [7, 11) is 0. The number of rotatable bonds is 1. The lowest BCUT2D eigenvalue weighted by molar-refractivity contribution is -0.384. The van der Waals surface area contributed by atoms with Crippen LogP contribution in [0.25, 0.3) is 0 Å². The van der Waals surface area contributed by atoms with Crippen LogP contribution in [0.1, 0.15) is 5.56 Å². The molecule has 0 bridgehead atoms. The second kappa shape index (κ2) is 3.68. The topological polar surface area (TPSA) is 98.4 Å². The molecule has 1 aromatic carbocycles. The first kappa shape index (κ1) is 10.4. The number of aryl methyl sites for hydroxylation is 1. The first-order valence-electron chi connectivity index (χ1n) is 3.05. The van der Waals surface area contributed by atoms with Crippen molar-refractivity contribution in [3.05, 3.63) is 33.9 Å². The van der Waals surface area contributed by atoms with Crippen LogP contribution >= 0.6 is 0 Å². The van der Waals surface area contributed by atoms with Gasteiger partial charge in [0, 0.05) is 6.07 Å². The summed E-state index contributed by atoms with van der Waals surface area (Å²) in [6.45, 7) is 1.68. The Balaban J connectivity index is 0.00000121. The van der Waals surface area contributed by atoms with E-state index in [0.717, 1.165) is 6.07 Å². The number of aromatic hydroxyl groups is 1. The number of non-ortho nitro benzene ring substituents is 1. The first-order chi connectivity index (χ1) is 5.11. The van der Waals surface area contributed by atoms with Crippen molar-refractivity contribution in [3.63, 3.8) is 0 Å². The fourth-order valence-corrected chi connectivity index (χ4v) is 0.711. The third kappa shape index (κ3) is 1.93. The predicted molar refractivity (Wildman–Crippen MR) is 44.5 cm³/mol. The van der Waals surface area contributed by atoms with Crippen LogP contribution < -0.4 is 6.15 Å². The number of hydrogen-bond donors (Lipinski definition) is 2. The van der Waals surface area contributed by atoms with Crippen molar-refractivity contribution in [1.82, 2.24) is 6.15 Å². The Morgan fingerprint density at radius 2 is 2.08 bits per heavy atom. The maximum Gasteiger partial charge on any atom is 0.273 e. The van der Waals surface area contributed by atoms with Crippen LogP contribution in [0.3, 0.4) is 0 Å². The molecule has 0 aliphatic rings. The van der Waals surface area contributed by atoms with E-state index in [2.05, 4.69) is 0 Å². The molecule has 0 spiro atoms. The van der Waals surface area contributed by atoms with E-state index in [0.29, 0.717) is 5.56 Å². The number of phenols is 1. The Kier molecular flexibility index (Phi) is 3.18. The van der Waals surface area contributed by atoms with Gasteiger partial charge in [0.1, 0.15) is 5.75 Å². The average Bonchev–Trinajstić information content (AvgIpc) is 1.94. The Morgan fingerprint density at radius 3 is 2.50 bits per heavy atom. The Morgan fingerprint density at radius 1 is 1.50 bits per heavy atom. The van der Waals surface area contributed by atoms with Gasteiger partial charge >= 0.3 is 0 Å². The average molecular weight is 170 g/mol. The van der Waals surface area contributed by atoms with Crippen molar-refractivity contribution in [2.24, 2.45) is 0 Å². The summed E-state index contributed by atoms with van der Waals surface area (Å²) < 4.78 is 0. The van der Waals surface area contributed by atoms with Gasteiger partial charge in [-0.2, -0.15) is 0 Å². The Bertz CT molecular complexity index is 299. The van der Waals surface area contributed by atoms with Gasteiger partial charge in [0.15, 0.2) is 0 Å². The summed E-state index contributed by atoms with van der Waals surface area (Å²) in [4.78, 5) is 9.62. The van der Waals surface area contributed by atoms with E-state index in [9.17, 15) is 10.1 Å². The highest BCUT2D eigenvalue weighted by Crippen LogP contribution is 2.21. The maximum absolute atomic E-state index is 10.2. The van der Waals surface area contributed by atoms with E-state index in [1.165, 1.54) is 12.1 Å². The number of nitro benzene ring substituents is 1. The minimum absolute atomic E-state index is 0. The lowest BCUT2D eigenvalue weighted by Gasteiger charge is -1.95. The van der Waals surface area contributed by atoms with E-state index in [-0.39, 0.29) is 17.6 Å². The summed E-state index contributed by atoms with van der Waals surface area (Å²) in [6, 6.07) is 4.00. The fraction of sp³-hybridized carbons (Fsp3) is 0.143. The molecule has 0 amide bonds. The largest absolute Gasteiger partial charge is 0.507 e. The quantitative estimate of drug-likeness (QED) is 0.495. The van der Waals surface area contributed by atoms with E-state index in [1.54, 1.807) is 6.92 Å². The van der Waals surface area contributed by atoms with Gasteiger partial charge in [-0.05, 0) is 18.6 Å². The zero-order valence-corrected chi connectivity index (χ0v) is 6.65. The van der Waals surface area contributed by atoms with Crippen LogP contribution in [-0.4, -0.2) is 10.0 Å². The van der Waals surface area contributed by atoms with Crippen LogP contribution in [0.4, 0.5) is 5.69 Å². The lowest BCUT2D eigenvalue weighted by Crippen LogP contribution is -1.87. The second-order valence-corrected chi connectivity index (χ2v) is 2.23. The molecule has 0 aliphatic carbocycles. The summed E-state index contributed by atoms with van der Waals surface area (Å²) in [5.41, 5.74) is 0.545. The van der Waals surface area contributed by atoms with Crippen molar-refractivity contribution in [2.45, 2.75) is 6.92 Å². The lowest BCUT2D eigenvalue weighted by atomic mass is 10.2. The molecule has 5 heteroatoms. The Labute approximate surface area is 69.4 Å². The van der Waals surface area contributed by atoms with E-state index >= 15 is 0 Å². The molecule has 1 aromatic rings. The zero-order chi connectivity index (χ0) is 8.43. The standard InChI is InChI=1S/C7H7NO3.H3N/c1-5-2-3-6(8(10)11)4-7(5)9;/h2-4,9H,1H3;1H3. The molecular weight excluding hydrogens is 160 g/mol. The van der Waals surface area contributed by atoms with Gasteiger partial charge in [-0.3, -0.25) is 10.1 Å². The predicted octanol–water partition coefficient (Wildman–Crippen LogP) is 1.77. The maximum atomic E-state index is 10.2. The van der Waals surface area contributed by atoms with Crippen LogP contribution in [0.2, 0.25) is 0 Å². The monoisotopic (exact) mass is 170 g/mol. The molecule has 4 N–H and O–H groups in total. The van der Waals surface area contributed by atoms with E-state index < -0.39 is 4.92 Å². The van der Waals surface area contributed by atoms with Crippen LogP contribution in [0.5, 0.6) is 5.75 Å². The third-order valence-corrected chi connectivity index (χ3v) is 1.40. The summed E-state index contributed by atoms with van der Waals surface area (Å²) >= 11 is 0. The molecule has 0 saturated carbocycles. The highest BCUT2D eigenvalue weighted by molar-refractivity contribution is 5.42. The molecular formula is C7H10N2O3. The van der Waals surface area contributed by atoms with Crippen molar-refractivity contribution in [2.75, 3.05) is 0 Å². The van der Waals surface area contributed by atoms with Gasteiger partial charge < -0.3 is 11.3 Å². The van der Waals surface area contributed by atoms with Gasteiger partial charge in [0.05, 0.1) is 11.0 Å². The smallest absolute Gasteiger partial charge is 0.273 e. The number of nitro groups is 1. The summed E-state index contributed by atoms with van der Waals surface area (Å²) in [5.74, 6) is -0.0424. The van der Waals surface area contributed by atoms with Crippen LogP contribution in [0, 0.1) is 17.0 Å². The Hall–Kier alpha value is -1.62. The molecule has 0 atom stereocenters. The van der Waals surface area contributed by atoms with Gasteiger partial charge in [-0.15, -0.1) is 0 Å².